The minimum Gasteiger partial charge on any atom is -0.495 e. The molecule has 3 aromatic rings. The molecule has 0 saturated heterocycles. The standard InChI is InChI=1S/C19H19N3O5S/c1-11-20-15-10-14(6-8-16(15)27-11)21-19(23)12-3-7-17(26-2)18(9-12)28(24,25)22-13-4-5-13/h3,6-10,13,22H,4-5H2,1-2H3,(H,21,23). The molecule has 4 rings (SSSR count). The zero-order valence-corrected chi connectivity index (χ0v) is 16.2. The van der Waals surface area contributed by atoms with Gasteiger partial charge >= 0.3 is 0 Å². The molecule has 1 heterocycles. The van der Waals surface area contributed by atoms with E-state index in [9.17, 15) is 13.2 Å². The number of carbonyl (C=O) groups excluding carboxylic acids is 1. The number of nitrogens with zero attached hydrogens (tertiary/aromatic N) is 1. The third-order valence-electron chi connectivity index (χ3n) is 4.37. The highest BCUT2D eigenvalue weighted by molar-refractivity contribution is 7.89. The molecule has 8 nitrogen and oxygen atoms in total. The minimum absolute atomic E-state index is 0.0511. The molecule has 1 saturated carbocycles. The van der Waals surface area contributed by atoms with Crippen LogP contribution in [0.4, 0.5) is 5.69 Å². The van der Waals surface area contributed by atoms with E-state index in [0.717, 1.165) is 12.8 Å². The number of fused-ring (bicyclic) bond motifs is 1. The number of hydrogen-bond acceptors (Lipinski definition) is 6. The lowest BCUT2D eigenvalue weighted by Gasteiger charge is -2.12. The number of carbonyl (C=O) groups is 1. The predicted octanol–water partition coefficient (Wildman–Crippen LogP) is 2.84. The number of hydrogen-bond donors (Lipinski definition) is 2. The fraction of sp³-hybridized carbons (Fsp3) is 0.263. The Kier molecular flexibility index (Phi) is 4.56. The van der Waals surface area contributed by atoms with Crippen LogP contribution in [0.25, 0.3) is 11.1 Å². The van der Waals surface area contributed by atoms with Gasteiger partial charge < -0.3 is 14.5 Å². The lowest BCUT2D eigenvalue weighted by atomic mass is 10.2. The molecule has 2 N–H and O–H groups in total. The summed E-state index contributed by atoms with van der Waals surface area (Å²) in [6, 6.07) is 9.36. The molecule has 1 aliphatic rings. The van der Waals surface area contributed by atoms with Crippen molar-refractivity contribution in [2.75, 3.05) is 12.4 Å². The maximum Gasteiger partial charge on any atom is 0.255 e. The summed E-state index contributed by atoms with van der Waals surface area (Å²) in [5.41, 5.74) is 1.98. The van der Waals surface area contributed by atoms with E-state index in [-0.39, 0.29) is 22.3 Å². The smallest absolute Gasteiger partial charge is 0.255 e. The van der Waals surface area contributed by atoms with Crippen LogP contribution in [0.3, 0.4) is 0 Å². The van der Waals surface area contributed by atoms with Crippen molar-refractivity contribution in [1.29, 1.82) is 0 Å². The molecule has 2 aromatic carbocycles. The molecule has 28 heavy (non-hydrogen) atoms. The summed E-state index contributed by atoms with van der Waals surface area (Å²) in [6.07, 6.45) is 1.62. The average Bonchev–Trinajstić information content (AvgIpc) is 3.38. The topological polar surface area (TPSA) is 111 Å². The first kappa shape index (κ1) is 18.5. The SMILES string of the molecule is COc1ccc(C(=O)Nc2ccc3oc(C)nc3c2)cc1S(=O)(=O)NC1CC1. The lowest BCUT2D eigenvalue weighted by Crippen LogP contribution is -2.26. The highest BCUT2D eigenvalue weighted by Crippen LogP contribution is 2.29. The fourth-order valence-corrected chi connectivity index (χ4v) is 4.34. The van der Waals surface area contributed by atoms with Crippen LogP contribution in [0.5, 0.6) is 5.75 Å². The second kappa shape index (κ2) is 6.92. The molecule has 1 amide bonds. The summed E-state index contributed by atoms with van der Waals surface area (Å²) in [4.78, 5) is 16.8. The van der Waals surface area contributed by atoms with Crippen molar-refractivity contribution in [2.45, 2.75) is 30.7 Å². The Morgan fingerprint density at radius 2 is 2.00 bits per heavy atom. The molecule has 0 radical (unpaired) electrons. The van der Waals surface area contributed by atoms with Crippen LogP contribution in [0.1, 0.15) is 29.1 Å². The van der Waals surface area contributed by atoms with E-state index in [1.54, 1.807) is 25.1 Å². The number of aromatic nitrogens is 1. The number of sulfonamides is 1. The monoisotopic (exact) mass is 401 g/mol. The largest absolute Gasteiger partial charge is 0.495 e. The van der Waals surface area contributed by atoms with Crippen LogP contribution in [0, 0.1) is 6.92 Å². The first-order valence-electron chi connectivity index (χ1n) is 8.74. The molecular formula is C19H19N3O5S. The van der Waals surface area contributed by atoms with Crippen LogP contribution in [0.2, 0.25) is 0 Å². The van der Waals surface area contributed by atoms with Gasteiger partial charge in [-0.25, -0.2) is 18.1 Å². The molecule has 0 atom stereocenters. The molecule has 0 spiro atoms. The number of nitrogens with one attached hydrogen (secondary N) is 2. The van der Waals surface area contributed by atoms with Crippen molar-refractivity contribution < 1.29 is 22.4 Å². The van der Waals surface area contributed by atoms with Gasteiger partial charge in [-0.1, -0.05) is 0 Å². The van der Waals surface area contributed by atoms with Crippen molar-refractivity contribution in [2.24, 2.45) is 0 Å². The molecule has 0 aliphatic heterocycles. The Morgan fingerprint density at radius 1 is 1.21 bits per heavy atom. The molecule has 1 fully saturated rings. The van der Waals surface area contributed by atoms with Gasteiger partial charge in [0.15, 0.2) is 11.5 Å². The summed E-state index contributed by atoms with van der Waals surface area (Å²) in [6.45, 7) is 1.74. The third-order valence-corrected chi connectivity index (χ3v) is 5.91. The number of amides is 1. The van der Waals surface area contributed by atoms with Gasteiger partial charge in [0.2, 0.25) is 10.0 Å². The number of aryl methyl sites for hydroxylation is 1. The summed E-state index contributed by atoms with van der Waals surface area (Å²) >= 11 is 0. The highest BCUT2D eigenvalue weighted by atomic mass is 32.2. The maximum absolute atomic E-state index is 12.7. The quantitative estimate of drug-likeness (QED) is 0.657. The second-order valence-corrected chi connectivity index (χ2v) is 8.31. The second-order valence-electron chi connectivity index (χ2n) is 6.63. The fourth-order valence-electron chi connectivity index (χ4n) is 2.84. The number of ether oxygens (including phenoxy) is 1. The summed E-state index contributed by atoms with van der Waals surface area (Å²) in [5, 5.41) is 2.75. The van der Waals surface area contributed by atoms with Crippen LogP contribution >= 0.6 is 0 Å². The predicted molar refractivity (Wildman–Crippen MR) is 103 cm³/mol. The normalized spacial score (nSPS) is 14.2. The molecule has 0 bridgehead atoms. The van der Waals surface area contributed by atoms with Crippen molar-refractivity contribution in [3.63, 3.8) is 0 Å². The summed E-state index contributed by atoms with van der Waals surface area (Å²) < 4.78 is 38.4. The summed E-state index contributed by atoms with van der Waals surface area (Å²) in [5.74, 6) is 0.279. The van der Waals surface area contributed by atoms with E-state index < -0.39 is 15.9 Å². The highest BCUT2D eigenvalue weighted by Gasteiger charge is 2.30. The first-order chi connectivity index (χ1) is 13.4. The first-order valence-corrected chi connectivity index (χ1v) is 10.2. The number of oxazole rings is 1. The average molecular weight is 401 g/mol. The number of methoxy groups -OCH3 is 1. The van der Waals surface area contributed by atoms with Gasteiger partial charge in [0, 0.05) is 24.2 Å². The number of anilines is 1. The molecule has 1 aliphatic carbocycles. The van der Waals surface area contributed by atoms with Gasteiger partial charge in [-0.05, 0) is 49.2 Å². The van der Waals surface area contributed by atoms with E-state index in [4.69, 9.17) is 9.15 Å². The van der Waals surface area contributed by atoms with E-state index >= 15 is 0 Å². The maximum atomic E-state index is 12.7. The zero-order valence-electron chi connectivity index (χ0n) is 15.4. The summed E-state index contributed by atoms with van der Waals surface area (Å²) in [7, 11) is -2.38. The van der Waals surface area contributed by atoms with Crippen LogP contribution in [-0.4, -0.2) is 32.5 Å². The van der Waals surface area contributed by atoms with Gasteiger partial charge in [0.1, 0.15) is 16.2 Å². The van der Waals surface area contributed by atoms with Gasteiger partial charge in [0.05, 0.1) is 7.11 Å². The van der Waals surface area contributed by atoms with Gasteiger partial charge in [-0.3, -0.25) is 4.79 Å². The Balaban J connectivity index is 1.62. The minimum atomic E-state index is -3.77. The van der Waals surface area contributed by atoms with Crippen molar-refractivity contribution in [1.82, 2.24) is 9.71 Å². The molecule has 1 aromatic heterocycles. The molecular weight excluding hydrogens is 382 g/mol. The van der Waals surface area contributed by atoms with E-state index in [1.807, 2.05) is 0 Å². The Hall–Kier alpha value is -2.91. The number of rotatable bonds is 6. The zero-order chi connectivity index (χ0) is 19.9. The van der Waals surface area contributed by atoms with Crippen LogP contribution in [0.15, 0.2) is 45.7 Å². The van der Waals surface area contributed by atoms with Gasteiger partial charge in [-0.2, -0.15) is 0 Å². The van der Waals surface area contributed by atoms with Crippen LogP contribution in [-0.2, 0) is 10.0 Å². The van der Waals surface area contributed by atoms with Crippen molar-refractivity contribution in [3.05, 3.63) is 47.9 Å². The van der Waals surface area contributed by atoms with E-state index in [2.05, 4.69) is 15.0 Å². The Bertz CT molecular complexity index is 1170. The number of benzene rings is 2. The molecule has 9 heteroatoms. The Labute approximate surface area is 162 Å². The third kappa shape index (κ3) is 3.71. The molecule has 146 valence electrons. The van der Waals surface area contributed by atoms with Crippen LogP contribution < -0.4 is 14.8 Å². The van der Waals surface area contributed by atoms with Crippen molar-refractivity contribution in [3.8, 4) is 5.75 Å². The van der Waals surface area contributed by atoms with E-state index in [1.165, 1.54) is 25.3 Å². The van der Waals surface area contributed by atoms with Gasteiger partial charge in [-0.15, -0.1) is 0 Å². The molecule has 0 unspecified atom stereocenters. The van der Waals surface area contributed by atoms with E-state index in [0.29, 0.717) is 22.7 Å². The Morgan fingerprint density at radius 3 is 2.71 bits per heavy atom. The van der Waals surface area contributed by atoms with Crippen molar-refractivity contribution >= 4 is 32.7 Å². The lowest BCUT2D eigenvalue weighted by molar-refractivity contribution is 0.102. The van der Waals surface area contributed by atoms with Gasteiger partial charge in [0.25, 0.3) is 5.91 Å².